The summed E-state index contributed by atoms with van der Waals surface area (Å²) in [5.41, 5.74) is 0. The zero-order valence-corrected chi connectivity index (χ0v) is 14.2. The van der Waals surface area contributed by atoms with Crippen LogP contribution in [-0.4, -0.2) is 49.4 Å². The maximum atomic E-state index is 12.7. The highest BCUT2D eigenvalue weighted by Gasteiger charge is 2.32. The van der Waals surface area contributed by atoms with Crippen molar-refractivity contribution in [2.24, 2.45) is 0 Å². The summed E-state index contributed by atoms with van der Waals surface area (Å²) in [6, 6.07) is 1.83. The van der Waals surface area contributed by atoms with E-state index in [1.54, 1.807) is 25.6 Å². The Morgan fingerprint density at radius 2 is 2.38 bits per heavy atom. The van der Waals surface area contributed by atoms with Gasteiger partial charge in [0.25, 0.3) is 0 Å². The van der Waals surface area contributed by atoms with Crippen molar-refractivity contribution in [1.82, 2.24) is 24.8 Å². The molecule has 3 rings (SSSR count). The number of nitrogens with zero attached hydrogens (tertiary/aromatic N) is 5. The standard InChI is InChI=1S/C16H24N6O2/c1-3-14(16(23)19-15-8-12(2)24-20-15)22-7-5-4-6-13(22)9-21-11-17-10-18-21/h8,10-11,13-14H,3-7,9H2,1-2H3,(H,19,20,23)/t13-,14-/m0/s1. The maximum absolute atomic E-state index is 12.7. The Hall–Kier alpha value is -2.22. The van der Waals surface area contributed by atoms with Crippen LogP contribution in [0.15, 0.2) is 23.2 Å². The molecular formula is C16H24N6O2. The van der Waals surface area contributed by atoms with Gasteiger partial charge in [0.1, 0.15) is 18.4 Å². The molecule has 1 N–H and O–H groups in total. The van der Waals surface area contributed by atoms with Crippen LogP contribution in [0, 0.1) is 6.92 Å². The number of rotatable bonds is 6. The topological polar surface area (TPSA) is 89.1 Å². The third-order valence-electron chi connectivity index (χ3n) is 4.51. The Bertz CT molecular complexity index is 653. The number of nitrogens with one attached hydrogen (secondary N) is 1. The highest BCUT2D eigenvalue weighted by molar-refractivity contribution is 5.94. The number of aromatic nitrogens is 4. The number of amides is 1. The Labute approximate surface area is 141 Å². The second-order valence-corrected chi connectivity index (χ2v) is 6.24. The quantitative estimate of drug-likeness (QED) is 0.868. The van der Waals surface area contributed by atoms with Gasteiger partial charge < -0.3 is 9.84 Å². The Kier molecular flexibility index (Phi) is 5.24. The first-order valence-corrected chi connectivity index (χ1v) is 8.49. The third-order valence-corrected chi connectivity index (χ3v) is 4.51. The van der Waals surface area contributed by atoms with Crippen LogP contribution in [0.1, 0.15) is 38.4 Å². The molecule has 1 aliphatic rings. The maximum Gasteiger partial charge on any atom is 0.242 e. The molecule has 0 bridgehead atoms. The summed E-state index contributed by atoms with van der Waals surface area (Å²) in [6.07, 6.45) is 7.37. The SMILES string of the molecule is CC[C@@H](C(=O)Nc1cc(C)on1)N1CCCC[C@H]1Cn1cncn1. The Morgan fingerprint density at radius 1 is 1.50 bits per heavy atom. The molecule has 1 fully saturated rings. The zero-order chi connectivity index (χ0) is 16.9. The highest BCUT2D eigenvalue weighted by atomic mass is 16.5. The molecule has 0 radical (unpaired) electrons. The number of hydrogen-bond donors (Lipinski definition) is 1. The molecular weight excluding hydrogens is 308 g/mol. The lowest BCUT2D eigenvalue weighted by Crippen LogP contribution is -2.52. The number of piperidine rings is 1. The molecule has 2 atom stereocenters. The van der Waals surface area contributed by atoms with Gasteiger partial charge in [0, 0.05) is 12.1 Å². The smallest absolute Gasteiger partial charge is 0.242 e. The van der Waals surface area contributed by atoms with Gasteiger partial charge >= 0.3 is 0 Å². The number of hydrogen-bond acceptors (Lipinski definition) is 6. The van der Waals surface area contributed by atoms with Crippen LogP contribution in [-0.2, 0) is 11.3 Å². The van der Waals surface area contributed by atoms with Crippen LogP contribution >= 0.6 is 0 Å². The molecule has 130 valence electrons. The van der Waals surface area contributed by atoms with Crippen LogP contribution in [0.4, 0.5) is 5.82 Å². The second-order valence-electron chi connectivity index (χ2n) is 6.24. The van der Waals surface area contributed by atoms with E-state index in [-0.39, 0.29) is 18.0 Å². The molecule has 2 aromatic heterocycles. The predicted octanol–water partition coefficient (Wildman–Crippen LogP) is 1.85. The van der Waals surface area contributed by atoms with Gasteiger partial charge in [0.2, 0.25) is 5.91 Å². The fraction of sp³-hybridized carbons (Fsp3) is 0.625. The first-order valence-electron chi connectivity index (χ1n) is 8.49. The van der Waals surface area contributed by atoms with Gasteiger partial charge in [0.05, 0.1) is 12.6 Å². The number of carbonyl (C=O) groups excluding carboxylic acids is 1. The highest BCUT2D eigenvalue weighted by Crippen LogP contribution is 2.23. The summed E-state index contributed by atoms with van der Waals surface area (Å²) in [7, 11) is 0. The fourth-order valence-electron chi connectivity index (χ4n) is 3.38. The molecule has 0 aromatic carbocycles. The normalized spacial score (nSPS) is 20.0. The van der Waals surface area contributed by atoms with Crippen LogP contribution < -0.4 is 5.32 Å². The minimum absolute atomic E-state index is 0.0312. The average Bonchev–Trinajstić information content (AvgIpc) is 3.21. The molecule has 8 heteroatoms. The molecule has 0 spiro atoms. The van der Waals surface area contributed by atoms with Crippen molar-refractivity contribution in [1.29, 1.82) is 0 Å². The van der Waals surface area contributed by atoms with Crippen molar-refractivity contribution in [3.63, 3.8) is 0 Å². The first-order chi connectivity index (χ1) is 11.7. The van der Waals surface area contributed by atoms with Crippen LogP contribution in [0.25, 0.3) is 0 Å². The van der Waals surface area contributed by atoms with Crippen LogP contribution in [0.3, 0.4) is 0 Å². The predicted molar refractivity (Wildman–Crippen MR) is 88.3 cm³/mol. The molecule has 8 nitrogen and oxygen atoms in total. The lowest BCUT2D eigenvalue weighted by molar-refractivity contribution is -0.123. The van der Waals surface area contributed by atoms with Crippen LogP contribution in [0.2, 0.25) is 0 Å². The number of aryl methyl sites for hydroxylation is 1. The van der Waals surface area contributed by atoms with Crippen molar-refractivity contribution in [3.8, 4) is 0 Å². The van der Waals surface area contributed by atoms with Gasteiger partial charge in [-0.15, -0.1) is 0 Å². The number of likely N-dealkylation sites (tertiary alicyclic amines) is 1. The molecule has 0 saturated carbocycles. The van der Waals surface area contributed by atoms with Crippen molar-refractivity contribution in [2.75, 3.05) is 11.9 Å². The van der Waals surface area contributed by atoms with Gasteiger partial charge in [-0.05, 0) is 32.7 Å². The molecule has 0 unspecified atom stereocenters. The van der Waals surface area contributed by atoms with Gasteiger partial charge in [-0.1, -0.05) is 18.5 Å². The summed E-state index contributed by atoms with van der Waals surface area (Å²) < 4.78 is 6.86. The van der Waals surface area contributed by atoms with Crippen molar-refractivity contribution in [3.05, 3.63) is 24.5 Å². The summed E-state index contributed by atoms with van der Waals surface area (Å²) in [5.74, 6) is 1.12. The Balaban J connectivity index is 1.70. The van der Waals surface area contributed by atoms with E-state index in [2.05, 4.69) is 25.5 Å². The number of carbonyl (C=O) groups is 1. The van der Waals surface area contributed by atoms with E-state index in [1.165, 1.54) is 6.42 Å². The summed E-state index contributed by atoms with van der Waals surface area (Å²) >= 11 is 0. The monoisotopic (exact) mass is 332 g/mol. The largest absolute Gasteiger partial charge is 0.360 e. The van der Waals surface area contributed by atoms with Gasteiger partial charge in [-0.3, -0.25) is 14.4 Å². The van der Waals surface area contributed by atoms with Crippen molar-refractivity contribution in [2.45, 2.75) is 58.2 Å². The molecule has 3 heterocycles. The van der Waals surface area contributed by atoms with E-state index in [1.807, 2.05) is 11.6 Å². The van der Waals surface area contributed by atoms with Crippen molar-refractivity contribution >= 4 is 11.7 Å². The molecule has 2 aromatic rings. The van der Waals surface area contributed by atoms with E-state index in [0.29, 0.717) is 11.6 Å². The first kappa shape index (κ1) is 16.6. The average molecular weight is 332 g/mol. The molecule has 0 aliphatic carbocycles. The second kappa shape index (κ2) is 7.57. The number of anilines is 1. The van der Waals surface area contributed by atoms with Gasteiger partial charge in [-0.2, -0.15) is 5.10 Å². The van der Waals surface area contributed by atoms with Crippen molar-refractivity contribution < 1.29 is 9.32 Å². The minimum Gasteiger partial charge on any atom is -0.360 e. The molecule has 24 heavy (non-hydrogen) atoms. The minimum atomic E-state index is -0.184. The summed E-state index contributed by atoms with van der Waals surface area (Å²) in [5, 5.41) is 10.9. The Morgan fingerprint density at radius 3 is 3.04 bits per heavy atom. The zero-order valence-electron chi connectivity index (χ0n) is 14.2. The van der Waals surface area contributed by atoms with E-state index < -0.39 is 0 Å². The summed E-state index contributed by atoms with van der Waals surface area (Å²) in [6.45, 7) is 5.52. The van der Waals surface area contributed by atoms with E-state index in [9.17, 15) is 4.79 Å². The van der Waals surface area contributed by atoms with Crippen LogP contribution in [0.5, 0.6) is 0 Å². The van der Waals surface area contributed by atoms with Gasteiger partial charge in [-0.25, -0.2) is 4.98 Å². The molecule has 1 aliphatic heterocycles. The van der Waals surface area contributed by atoms with E-state index >= 15 is 0 Å². The fourth-order valence-corrected chi connectivity index (χ4v) is 3.38. The van der Waals surface area contributed by atoms with E-state index in [4.69, 9.17) is 4.52 Å². The lowest BCUT2D eigenvalue weighted by Gasteiger charge is -2.40. The summed E-state index contributed by atoms with van der Waals surface area (Å²) in [4.78, 5) is 19.0. The lowest BCUT2D eigenvalue weighted by atomic mass is 9.98. The van der Waals surface area contributed by atoms with E-state index in [0.717, 1.165) is 32.4 Å². The third kappa shape index (κ3) is 3.81. The van der Waals surface area contributed by atoms with Gasteiger partial charge in [0.15, 0.2) is 5.82 Å². The molecule has 1 saturated heterocycles. The molecule has 1 amide bonds.